The van der Waals surface area contributed by atoms with Gasteiger partial charge in [-0.15, -0.1) is 11.3 Å². The summed E-state index contributed by atoms with van der Waals surface area (Å²) in [5, 5.41) is 3.08. The van der Waals surface area contributed by atoms with Crippen molar-refractivity contribution < 1.29 is 14.3 Å². The number of hydrogen-bond acceptors (Lipinski definition) is 5. The van der Waals surface area contributed by atoms with E-state index < -0.39 is 11.6 Å². The predicted molar refractivity (Wildman–Crippen MR) is 93.0 cm³/mol. The molecule has 0 fully saturated rings. The van der Waals surface area contributed by atoms with Crippen LogP contribution in [0.25, 0.3) is 0 Å². The molecule has 0 aliphatic heterocycles. The fourth-order valence-corrected chi connectivity index (χ4v) is 3.00. The number of carbonyl (C=O) groups excluding carboxylic acids is 2. The minimum absolute atomic E-state index is 0.267. The number of carbonyl (C=O) groups is 2. The number of nitrogen functional groups attached to an aromatic ring is 1. The van der Waals surface area contributed by atoms with Crippen LogP contribution in [0, 0.1) is 6.92 Å². The molecule has 0 bridgehead atoms. The normalized spacial score (nSPS) is 11.1. The summed E-state index contributed by atoms with van der Waals surface area (Å²) >= 11 is 1.09. The Kier molecular flexibility index (Phi) is 4.75. The van der Waals surface area contributed by atoms with Crippen molar-refractivity contribution in [3.63, 3.8) is 0 Å². The fourth-order valence-electron chi connectivity index (χ4n) is 2.04. The highest BCUT2D eigenvalue weighted by Crippen LogP contribution is 2.32. The molecule has 0 aliphatic rings. The number of nitrogens with one attached hydrogen (secondary N) is 1. The molecule has 1 amide bonds. The molecule has 3 N–H and O–H groups in total. The summed E-state index contributed by atoms with van der Waals surface area (Å²) in [7, 11) is 0. The minimum Gasteiger partial charge on any atom is -0.456 e. The van der Waals surface area contributed by atoms with E-state index in [0.717, 1.165) is 11.3 Å². The molecule has 122 valence electrons. The number of anilines is 2. The van der Waals surface area contributed by atoms with Crippen LogP contribution in [0.1, 0.15) is 46.4 Å². The zero-order chi connectivity index (χ0) is 17.2. The molecule has 0 radical (unpaired) electrons. The maximum atomic E-state index is 12.4. The first kappa shape index (κ1) is 17.0. The molecular formula is C17H20N2O3S. The Morgan fingerprint density at radius 2 is 1.78 bits per heavy atom. The van der Waals surface area contributed by atoms with Crippen molar-refractivity contribution in [2.75, 3.05) is 11.1 Å². The lowest BCUT2D eigenvalue weighted by Crippen LogP contribution is -2.24. The number of hydrogen-bond donors (Lipinski definition) is 2. The molecule has 0 atom stereocenters. The van der Waals surface area contributed by atoms with Gasteiger partial charge >= 0.3 is 5.97 Å². The Morgan fingerprint density at radius 3 is 2.35 bits per heavy atom. The smallest absolute Gasteiger partial charge is 0.341 e. The van der Waals surface area contributed by atoms with Gasteiger partial charge in [0.25, 0.3) is 5.91 Å². The number of nitrogens with two attached hydrogens (primary N) is 1. The van der Waals surface area contributed by atoms with Crippen molar-refractivity contribution in [2.45, 2.75) is 33.3 Å². The Morgan fingerprint density at radius 1 is 1.17 bits per heavy atom. The molecular weight excluding hydrogens is 312 g/mol. The predicted octanol–water partition coefficient (Wildman–Crippen LogP) is 3.85. The van der Waals surface area contributed by atoms with E-state index in [1.165, 1.54) is 0 Å². The van der Waals surface area contributed by atoms with Gasteiger partial charge in [0.1, 0.15) is 10.6 Å². The van der Waals surface area contributed by atoms with Crippen LogP contribution in [0.5, 0.6) is 0 Å². The molecule has 0 saturated carbocycles. The molecule has 1 aromatic heterocycles. The average Bonchev–Trinajstić information content (AvgIpc) is 2.73. The van der Waals surface area contributed by atoms with Crippen molar-refractivity contribution in [1.29, 1.82) is 0 Å². The molecule has 1 heterocycles. The summed E-state index contributed by atoms with van der Waals surface area (Å²) in [4.78, 5) is 25.1. The van der Waals surface area contributed by atoms with Crippen molar-refractivity contribution in [2.24, 2.45) is 0 Å². The van der Waals surface area contributed by atoms with Gasteiger partial charge in [-0.25, -0.2) is 4.79 Å². The van der Waals surface area contributed by atoms with Crippen LogP contribution in [0.15, 0.2) is 30.3 Å². The first-order valence-electron chi connectivity index (χ1n) is 7.17. The van der Waals surface area contributed by atoms with Crippen molar-refractivity contribution in [1.82, 2.24) is 0 Å². The van der Waals surface area contributed by atoms with Gasteiger partial charge in [-0.05, 0) is 45.4 Å². The Labute approximate surface area is 139 Å². The molecule has 0 aliphatic carbocycles. The molecule has 5 nitrogen and oxygen atoms in total. The second-order valence-corrected chi connectivity index (χ2v) is 7.17. The monoisotopic (exact) mass is 332 g/mol. The van der Waals surface area contributed by atoms with Gasteiger partial charge < -0.3 is 15.8 Å². The van der Waals surface area contributed by atoms with Gasteiger partial charge in [-0.2, -0.15) is 0 Å². The van der Waals surface area contributed by atoms with Crippen molar-refractivity contribution in [3.8, 4) is 0 Å². The largest absolute Gasteiger partial charge is 0.456 e. The van der Waals surface area contributed by atoms with Gasteiger partial charge in [0.05, 0.1) is 10.4 Å². The quantitative estimate of drug-likeness (QED) is 0.837. The number of ether oxygens (including phenoxy) is 1. The second kappa shape index (κ2) is 6.42. The first-order valence-corrected chi connectivity index (χ1v) is 7.99. The molecule has 6 heteroatoms. The van der Waals surface area contributed by atoms with E-state index in [9.17, 15) is 9.59 Å². The van der Waals surface area contributed by atoms with Crippen LogP contribution >= 0.6 is 11.3 Å². The number of rotatable bonds is 3. The number of benzene rings is 1. The van der Waals surface area contributed by atoms with Crippen LogP contribution in [-0.4, -0.2) is 17.5 Å². The molecule has 1 aromatic carbocycles. The fraction of sp³-hybridized carbons (Fsp3) is 0.294. The number of para-hydroxylation sites is 1. The number of thiophene rings is 1. The zero-order valence-corrected chi connectivity index (χ0v) is 14.4. The summed E-state index contributed by atoms with van der Waals surface area (Å²) in [6, 6.07) is 9.11. The van der Waals surface area contributed by atoms with Crippen LogP contribution < -0.4 is 11.1 Å². The lowest BCUT2D eigenvalue weighted by molar-refractivity contribution is 0.00706. The van der Waals surface area contributed by atoms with Crippen LogP contribution in [0.4, 0.5) is 10.7 Å². The Bertz CT molecular complexity index is 730. The minimum atomic E-state index is -0.621. The lowest BCUT2D eigenvalue weighted by Gasteiger charge is -2.19. The van der Waals surface area contributed by atoms with Gasteiger partial charge in [0, 0.05) is 5.69 Å². The standard InChI is InChI=1S/C17H20N2O3S/c1-10-12(16(21)22-17(2,3)4)14(18)23-13(10)15(20)19-11-8-6-5-7-9-11/h5-9H,18H2,1-4H3,(H,19,20). The number of amides is 1. The lowest BCUT2D eigenvalue weighted by atomic mass is 10.1. The van der Waals surface area contributed by atoms with E-state index in [2.05, 4.69) is 5.32 Å². The highest BCUT2D eigenvalue weighted by atomic mass is 32.1. The molecule has 0 unspecified atom stereocenters. The summed E-state index contributed by atoms with van der Waals surface area (Å²) in [6.45, 7) is 7.05. The third kappa shape index (κ3) is 4.10. The van der Waals surface area contributed by atoms with Crippen LogP contribution in [0.3, 0.4) is 0 Å². The van der Waals surface area contributed by atoms with E-state index in [-0.39, 0.29) is 16.5 Å². The summed E-state index contributed by atoms with van der Waals surface area (Å²) < 4.78 is 5.35. The summed E-state index contributed by atoms with van der Waals surface area (Å²) in [6.07, 6.45) is 0. The van der Waals surface area contributed by atoms with E-state index in [1.807, 2.05) is 18.2 Å². The van der Waals surface area contributed by atoms with Crippen LogP contribution in [-0.2, 0) is 4.74 Å². The van der Waals surface area contributed by atoms with Gasteiger partial charge in [-0.3, -0.25) is 4.79 Å². The highest BCUT2D eigenvalue weighted by molar-refractivity contribution is 7.18. The van der Waals surface area contributed by atoms with Crippen molar-refractivity contribution >= 4 is 33.9 Å². The number of esters is 1. The third-order valence-corrected chi connectivity index (χ3v) is 4.13. The van der Waals surface area contributed by atoms with Gasteiger partial charge in [0.15, 0.2) is 0 Å². The van der Waals surface area contributed by atoms with E-state index in [1.54, 1.807) is 39.8 Å². The maximum Gasteiger partial charge on any atom is 0.341 e. The molecule has 0 spiro atoms. The molecule has 2 rings (SSSR count). The average molecular weight is 332 g/mol. The summed E-state index contributed by atoms with van der Waals surface area (Å²) in [5.74, 6) is -0.803. The Balaban J connectivity index is 2.27. The van der Waals surface area contributed by atoms with Gasteiger partial charge in [-0.1, -0.05) is 18.2 Å². The maximum absolute atomic E-state index is 12.4. The van der Waals surface area contributed by atoms with E-state index in [4.69, 9.17) is 10.5 Å². The van der Waals surface area contributed by atoms with Crippen LogP contribution in [0.2, 0.25) is 0 Å². The highest BCUT2D eigenvalue weighted by Gasteiger charge is 2.27. The van der Waals surface area contributed by atoms with Crippen molar-refractivity contribution in [3.05, 3.63) is 46.3 Å². The molecule has 2 aromatic rings. The first-order chi connectivity index (χ1) is 10.7. The zero-order valence-electron chi connectivity index (χ0n) is 13.6. The van der Waals surface area contributed by atoms with Gasteiger partial charge in [0.2, 0.25) is 0 Å². The van der Waals surface area contributed by atoms with E-state index >= 15 is 0 Å². The third-order valence-electron chi connectivity index (χ3n) is 3.01. The topological polar surface area (TPSA) is 81.4 Å². The summed E-state index contributed by atoms with van der Waals surface area (Å²) in [5.41, 5.74) is 6.80. The van der Waals surface area contributed by atoms with E-state index in [0.29, 0.717) is 16.1 Å². The Hall–Kier alpha value is -2.34. The molecule has 23 heavy (non-hydrogen) atoms. The second-order valence-electron chi connectivity index (χ2n) is 6.12. The molecule has 0 saturated heterocycles. The SMILES string of the molecule is Cc1c(C(=O)Nc2ccccc2)sc(N)c1C(=O)OC(C)(C)C.